The number of aliphatic hydroxyl groups is 2. The first-order valence-electron chi connectivity index (χ1n) is 9.18. The number of anilines is 1. The van der Waals surface area contributed by atoms with Crippen LogP contribution >= 0.6 is 0 Å². The van der Waals surface area contributed by atoms with E-state index in [4.69, 9.17) is 9.72 Å². The van der Waals surface area contributed by atoms with Crippen molar-refractivity contribution in [2.45, 2.75) is 32.6 Å². The van der Waals surface area contributed by atoms with E-state index in [1.807, 2.05) is 41.6 Å². The quantitative estimate of drug-likeness (QED) is 0.590. The number of hydrogen-bond donors (Lipinski definition) is 2. The second-order valence-electron chi connectivity index (χ2n) is 6.27. The molecule has 0 aliphatic heterocycles. The number of aromatic nitrogens is 2. The fraction of sp³-hybridized carbons (Fsp3) is 0.579. The topological polar surface area (TPSA) is 87.8 Å². The van der Waals surface area contributed by atoms with E-state index in [9.17, 15) is 15.0 Å². The van der Waals surface area contributed by atoms with E-state index in [0.717, 1.165) is 29.0 Å². The number of imidazole rings is 1. The number of carbonyl (C=O) groups is 1. The van der Waals surface area contributed by atoms with E-state index in [0.29, 0.717) is 39.0 Å². The number of nitrogens with zero attached hydrogens (tertiary/aromatic N) is 3. The summed E-state index contributed by atoms with van der Waals surface area (Å²) in [5.74, 6) is 0.771. The highest BCUT2D eigenvalue weighted by Gasteiger charge is 2.12. The summed E-state index contributed by atoms with van der Waals surface area (Å²) >= 11 is 0. The van der Waals surface area contributed by atoms with E-state index in [2.05, 4.69) is 0 Å². The summed E-state index contributed by atoms with van der Waals surface area (Å²) in [5.41, 5.74) is 2.81. The first kappa shape index (κ1) is 20.2. The average molecular weight is 363 g/mol. The van der Waals surface area contributed by atoms with Gasteiger partial charge in [-0.3, -0.25) is 4.79 Å². The van der Waals surface area contributed by atoms with Crippen LogP contribution in [0.4, 0.5) is 5.69 Å². The third-order valence-electron chi connectivity index (χ3n) is 4.31. The molecule has 0 aliphatic carbocycles. The van der Waals surface area contributed by atoms with Crippen LogP contribution in [0.1, 0.15) is 32.0 Å². The van der Waals surface area contributed by atoms with Gasteiger partial charge in [0.25, 0.3) is 0 Å². The van der Waals surface area contributed by atoms with Crippen molar-refractivity contribution in [3.63, 3.8) is 0 Å². The Morgan fingerprint density at radius 2 is 2.00 bits per heavy atom. The lowest BCUT2D eigenvalue weighted by Gasteiger charge is -2.22. The lowest BCUT2D eigenvalue weighted by Crippen LogP contribution is -2.29. The first-order chi connectivity index (χ1) is 12.6. The fourth-order valence-corrected chi connectivity index (χ4v) is 2.95. The van der Waals surface area contributed by atoms with Crippen molar-refractivity contribution in [2.75, 3.05) is 37.8 Å². The van der Waals surface area contributed by atoms with Crippen LogP contribution in [0.25, 0.3) is 11.0 Å². The minimum atomic E-state index is -0.156. The minimum absolute atomic E-state index is 0.0274. The SMILES string of the molecule is CCCOC(=O)CCCc1nc2cc(N(CCO)CCO)ccc2n1C. The Morgan fingerprint density at radius 3 is 2.65 bits per heavy atom. The van der Waals surface area contributed by atoms with Crippen molar-refractivity contribution >= 4 is 22.7 Å². The van der Waals surface area contributed by atoms with Gasteiger partial charge in [-0.25, -0.2) is 4.98 Å². The predicted octanol–water partition coefficient (Wildman–Crippen LogP) is 1.64. The van der Waals surface area contributed by atoms with Crippen LogP contribution in [0.2, 0.25) is 0 Å². The van der Waals surface area contributed by atoms with E-state index < -0.39 is 0 Å². The summed E-state index contributed by atoms with van der Waals surface area (Å²) < 4.78 is 7.13. The molecular weight excluding hydrogens is 334 g/mol. The summed E-state index contributed by atoms with van der Waals surface area (Å²) in [6, 6.07) is 5.94. The molecule has 0 radical (unpaired) electrons. The van der Waals surface area contributed by atoms with E-state index in [1.165, 1.54) is 0 Å². The highest BCUT2D eigenvalue weighted by Crippen LogP contribution is 2.23. The van der Waals surface area contributed by atoms with Gasteiger partial charge < -0.3 is 24.4 Å². The molecule has 0 aliphatic rings. The van der Waals surface area contributed by atoms with Crippen LogP contribution in [0, 0.1) is 0 Å². The molecule has 1 aromatic heterocycles. The molecule has 1 heterocycles. The summed E-state index contributed by atoms with van der Waals surface area (Å²) in [4.78, 5) is 18.2. The zero-order valence-corrected chi connectivity index (χ0v) is 15.6. The third-order valence-corrected chi connectivity index (χ3v) is 4.31. The fourth-order valence-electron chi connectivity index (χ4n) is 2.95. The van der Waals surface area contributed by atoms with Crippen molar-refractivity contribution in [3.8, 4) is 0 Å². The Bertz CT molecular complexity index is 708. The van der Waals surface area contributed by atoms with Gasteiger partial charge in [0, 0.05) is 38.7 Å². The van der Waals surface area contributed by atoms with Crippen molar-refractivity contribution in [1.29, 1.82) is 0 Å². The maximum absolute atomic E-state index is 11.6. The Kier molecular flexibility index (Phi) is 7.87. The first-order valence-corrected chi connectivity index (χ1v) is 9.18. The van der Waals surface area contributed by atoms with Crippen LogP contribution < -0.4 is 4.90 Å². The Hall–Kier alpha value is -2.12. The number of ether oxygens (including phenoxy) is 1. The molecule has 7 heteroatoms. The Morgan fingerprint density at radius 1 is 1.27 bits per heavy atom. The molecule has 0 spiro atoms. The molecule has 0 unspecified atom stereocenters. The van der Waals surface area contributed by atoms with E-state index in [-0.39, 0.29) is 19.2 Å². The van der Waals surface area contributed by atoms with Crippen molar-refractivity contribution in [3.05, 3.63) is 24.0 Å². The number of aryl methyl sites for hydroxylation is 2. The second-order valence-corrected chi connectivity index (χ2v) is 6.27. The molecule has 0 saturated carbocycles. The van der Waals surface area contributed by atoms with Gasteiger partial charge in [0.15, 0.2) is 0 Å². The van der Waals surface area contributed by atoms with Gasteiger partial charge in [0.1, 0.15) is 5.82 Å². The molecule has 144 valence electrons. The molecule has 2 aromatic rings. The predicted molar refractivity (Wildman–Crippen MR) is 101 cm³/mol. The van der Waals surface area contributed by atoms with Gasteiger partial charge in [-0.2, -0.15) is 0 Å². The van der Waals surface area contributed by atoms with Crippen LogP contribution in [-0.2, 0) is 23.0 Å². The number of hydrogen-bond acceptors (Lipinski definition) is 6. The largest absolute Gasteiger partial charge is 0.466 e. The summed E-state index contributed by atoms with van der Waals surface area (Å²) in [5, 5.41) is 18.4. The highest BCUT2D eigenvalue weighted by molar-refractivity contribution is 5.80. The minimum Gasteiger partial charge on any atom is -0.466 e. The van der Waals surface area contributed by atoms with E-state index in [1.54, 1.807) is 0 Å². The summed E-state index contributed by atoms with van der Waals surface area (Å²) in [7, 11) is 1.97. The summed E-state index contributed by atoms with van der Waals surface area (Å²) in [6.45, 7) is 3.44. The van der Waals surface area contributed by atoms with Gasteiger partial charge >= 0.3 is 5.97 Å². The smallest absolute Gasteiger partial charge is 0.305 e. The molecule has 2 N–H and O–H groups in total. The van der Waals surface area contributed by atoms with Crippen LogP contribution in [0.3, 0.4) is 0 Å². The standard InChI is InChI=1S/C19H29N3O4/c1-3-13-26-19(25)6-4-5-18-20-16-14-15(7-8-17(16)21(18)2)22(9-11-23)10-12-24/h7-8,14,23-24H,3-6,9-13H2,1-2H3. The molecule has 0 amide bonds. The molecular formula is C19H29N3O4. The molecule has 0 atom stereocenters. The lowest BCUT2D eigenvalue weighted by atomic mass is 10.2. The van der Waals surface area contributed by atoms with Crippen molar-refractivity contribution < 1.29 is 19.7 Å². The molecule has 0 fully saturated rings. The molecule has 2 rings (SSSR count). The summed E-state index contributed by atoms with van der Waals surface area (Å²) in [6.07, 6.45) is 2.64. The zero-order chi connectivity index (χ0) is 18.9. The van der Waals surface area contributed by atoms with Gasteiger partial charge in [-0.1, -0.05) is 6.92 Å². The molecule has 7 nitrogen and oxygen atoms in total. The van der Waals surface area contributed by atoms with E-state index >= 15 is 0 Å². The maximum Gasteiger partial charge on any atom is 0.305 e. The number of carbonyl (C=O) groups excluding carboxylic acids is 1. The van der Waals surface area contributed by atoms with Crippen LogP contribution in [0.5, 0.6) is 0 Å². The van der Waals surface area contributed by atoms with Gasteiger partial charge in [-0.15, -0.1) is 0 Å². The van der Waals surface area contributed by atoms with Gasteiger partial charge in [-0.05, 0) is 31.0 Å². The monoisotopic (exact) mass is 363 g/mol. The van der Waals surface area contributed by atoms with Crippen LogP contribution in [0.15, 0.2) is 18.2 Å². The average Bonchev–Trinajstić information content (AvgIpc) is 2.95. The van der Waals surface area contributed by atoms with Crippen molar-refractivity contribution in [1.82, 2.24) is 9.55 Å². The third kappa shape index (κ3) is 5.19. The Labute approximate surface area is 154 Å². The lowest BCUT2D eigenvalue weighted by molar-refractivity contribution is -0.143. The molecule has 26 heavy (non-hydrogen) atoms. The number of aliphatic hydroxyl groups excluding tert-OH is 2. The molecule has 0 bridgehead atoms. The maximum atomic E-state index is 11.6. The Balaban J connectivity index is 2.07. The molecule has 0 saturated heterocycles. The zero-order valence-electron chi connectivity index (χ0n) is 15.6. The van der Waals surface area contributed by atoms with Gasteiger partial charge in [0.2, 0.25) is 0 Å². The van der Waals surface area contributed by atoms with Crippen LogP contribution in [-0.4, -0.2) is 58.6 Å². The number of fused-ring (bicyclic) bond motifs is 1. The molecule has 1 aromatic carbocycles. The number of rotatable bonds is 11. The second kappa shape index (κ2) is 10.1. The number of benzene rings is 1. The van der Waals surface area contributed by atoms with Crippen molar-refractivity contribution in [2.24, 2.45) is 7.05 Å². The number of esters is 1. The van der Waals surface area contributed by atoms with Gasteiger partial charge in [0.05, 0.1) is 30.9 Å². The highest BCUT2D eigenvalue weighted by atomic mass is 16.5. The normalized spacial score (nSPS) is 11.1.